The van der Waals surface area contributed by atoms with Gasteiger partial charge in [-0.2, -0.15) is 4.80 Å². The molecule has 0 fully saturated rings. The maximum absolute atomic E-state index is 12.6. The van der Waals surface area contributed by atoms with Gasteiger partial charge in [-0.05, 0) is 73.4 Å². The second kappa shape index (κ2) is 10.9. The van der Waals surface area contributed by atoms with Crippen molar-refractivity contribution in [1.82, 2.24) is 15.0 Å². The average Bonchev–Trinajstić information content (AvgIpc) is 3.24. The Morgan fingerprint density at radius 3 is 2.49 bits per heavy atom. The lowest BCUT2D eigenvalue weighted by Gasteiger charge is -2.08. The van der Waals surface area contributed by atoms with Crippen LogP contribution in [0.3, 0.4) is 0 Å². The lowest BCUT2D eigenvalue weighted by molar-refractivity contribution is -0.111. The van der Waals surface area contributed by atoms with E-state index in [-0.39, 0.29) is 5.91 Å². The first-order valence-corrected chi connectivity index (χ1v) is 12.1. The number of nitrogens with zero attached hydrogens (tertiary/aromatic N) is 3. The van der Waals surface area contributed by atoms with Crippen molar-refractivity contribution in [1.29, 1.82) is 0 Å². The number of anilines is 1. The Hall–Kier alpha value is -3.35. The zero-order chi connectivity index (χ0) is 24.9. The van der Waals surface area contributed by atoms with Crippen LogP contribution in [0.15, 0.2) is 54.6 Å². The summed E-state index contributed by atoms with van der Waals surface area (Å²) in [5.41, 5.74) is 5.78. The first kappa shape index (κ1) is 24.8. The van der Waals surface area contributed by atoms with Crippen molar-refractivity contribution in [2.45, 2.75) is 33.1 Å². The molecule has 1 N–H and O–H groups in total. The summed E-state index contributed by atoms with van der Waals surface area (Å²) in [6.07, 6.45) is 6.43. The van der Waals surface area contributed by atoms with Gasteiger partial charge in [0.1, 0.15) is 16.8 Å². The highest BCUT2D eigenvalue weighted by molar-refractivity contribution is 6.36. The molecule has 0 saturated carbocycles. The lowest BCUT2D eigenvalue weighted by atomic mass is 10.1. The Labute approximate surface area is 214 Å². The van der Waals surface area contributed by atoms with Gasteiger partial charge >= 0.3 is 0 Å². The van der Waals surface area contributed by atoms with Gasteiger partial charge in [-0.25, -0.2) is 0 Å². The highest BCUT2D eigenvalue weighted by Gasteiger charge is 2.11. The fourth-order valence-electron chi connectivity index (χ4n) is 3.75. The first-order valence-electron chi connectivity index (χ1n) is 11.4. The van der Waals surface area contributed by atoms with Crippen LogP contribution in [0.5, 0.6) is 5.75 Å². The van der Waals surface area contributed by atoms with Gasteiger partial charge in [-0.15, -0.1) is 10.2 Å². The molecule has 0 radical (unpaired) electrons. The summed E-state index contributed by atoms with van der Waals surface area (Å²) in [4.78, 5) is 14.3. The Morgan fingerprint density at radius 1 is 1.09 bits per heavy atom. The van der Waals surface area contributed by atoms with Gasteiger partial charge in [0.05, 0.1) is 17.8 Å². The highest BCUT2D eigenvalue weighted by Crippen LogP contribution is 2.33. The van der Waals surface area contributed by atoms with Gasteiger partial charge in [-0.3, -0.25) is 4.79 Å². The van der Waals surface area contributed by atoms with Gasteiger partial charge in [0.15, 0.2) is 0 Å². The standard InChI is InChI=1S/C27H26Cl2N4O2/c1-4-5-6-18-7-10-21(11-8-18)33-31-24-13-17(2)23(16-25(24)32-33)30-26(34)12-9-19-14-20(28)15-22(29)27(19)35-3/h7-16H,4-6H2,1-3H3,(H,30,34). The zero-order valence-corrected chi connectivity index (χ0v) is 21.3. The molecule has 3 aromatic carbocycles. The molecular formula is C27H26Cl2N4O2. The van der Waals surface area contributed by atoms with Gasteiger partial charge in [-0.1, -0.05) is 48.7 Å². The van der Waals surface area contributed by atoms with Crippen molar-refractivity contribution in [2.75, 3.05) is 12.4 Å². The van der Waals surface area contributed by atoms with Gasteiger partial charge in [0, 0.05) is 22.3 Å². The van der Waals surface area contributed by atoms with E-state index in [2.05, 4.69) is 34.6 Å². The second-order valence-electron chi connectivity index (χ2n) is 8.25. The van der Waals surface area contributed by atoms with Crippen LogP contribution < -0.4 is 10.1 Å². The molecule has 0 aliphatic rings. The lowest BCUT2D eigenvalue weighted by Crippen LogP contribution is -2.09. The molecule has 4 aromatic rings. The normalized spacial score (nSPS) is 11.3. The second-order valence-corrected chi connectivity index (χ2v) is 9.09. The molecule has 1 heterocycles. The van der Waals surface area contributed by atoms with Crippen molar-refractivity contribution in [3.63, 3.8) is 0 Å². The van der Waals surface area contributed by atoms with E-state index in [9.17, 15) is 4.79 Å². The zero-order valence-electron chi connectivity index (χ0n) is 19.8. The Kier molecular flexibility index (Phi) is 7.73. The third-order valence-electron chi connectivity index (χ3n) is 5.63. The summed E-state index contributed by atoms with van der Waals surface area (Å²) >= 11 is 12.3. The van der Waals surface area contributed by atoms with E-state index in [0.29, 0.717) is 32.6 Å². The number of carbonyl (C=O) groups excluding carboxylic acids is 1. The third-order valence-corrected chi connectivity index (χ3v) is 6.13. The minimum Gasteiger partial charge on any atom is -0.495 e. The van der Waals surface area contributed by atoms with Crippen LogP contribution in [0.1, 0.15) is 36.5 Å². The summed E-state index contributed by atoms with van der Waals surface area (Å²) < 4.78 is 5.32. The monoisotopic (exact) mass is 508 g/mol. The van der Waals surface area contributed by atoms with E-state index in [4.69, 9.17) is 27.9 Å². The van der Waals surface area contributed by atoms with E-state index < -0.39 is 0 Å². The number of ether oxygens (including phenoxy) is 1. The number of aromatic nitrogens is 3. The number of aryl methyl sites for hydroxylation is 2. The largest absolute Gasteiger partial charge is 0.495 e. The van der Waals surface area contributed by atoms with Crippen molar-refractivity contribution < 1.29 is 9.53 Å². The van der Waals surface area contributed by atoms with Crippen LogP contribution in [0.4, 0.5) is 5.69 Å². The smallest absolute Gasteiger partial charge is 0.248 e. The fourth-order valence-corrected chi connectivity index (χ4v) is 4.34. The van der Waals surface area contributed by atoms with Crippen LogP contribution in [-0.4, -0.2) is 28.0 Å². The van der Waals surface area contributed by atoms with E-state index in [1.165, 1.54) is 31.6 Å². The molecule has 180 valence electrons. The highest BCUT2D eigenvalue weighted by atomic mass is 35.5. The Balaban J connectivity index is 1.53. The molecule has 8 heteroatoms. The average molecular weight is 509 g/mol. The molecule has 4 rings (SSSR count). The Bertz CT molecular complexity index is 1390. The molecule has 0 aliphatic carbocycles. The molecule has 0 atom stereocenters. The van der Waals surface area contributed by atoms with E-state index in [1.807, 2.05) is 31.2 Å². The molecule has 35 heavy (non-hydrogen) atoms. The molecule has 0 bridgehead atoms. The van der Waals surface area contributed by atoms with E-state index in [1.54, 1.807) is 23.0 Å². The van der Waals surface area contributed by atoms with Crippen molar-refractivity contribution in [2.24, 2.45) is 0 Å². The molecular weight excluding hydrogens is 483 g/mol. The quantitative estimate of drug-likeness (QED) is 0.259. The van der Waals surface area contributed by atoms with Gasteiger partial charge < -0.3 is 10.1 Å². The molecule has 1 amide bonds. The molecule has 1 aromatic heterocycles. The van der Waals surface area contributed by atoms with Gasteiger partial charge in [0.25, 0.3) is 0 Å². The predicted octanol–water partition coefficient (Wildman–Crippen LogP) is 7.04. The fraction of sp³-hybridized carbons (Fsp3) is 0.222. The van der Waals surface area contributed by atoms with Crippen molar-refractivity contribution in [3.05, 3.63) is 81.3 Å². The van der Waals surface area contributed by atoms with E-state index in [0.717, 1.165) is 23.2 Å². The third kappa shape index (κ3) is 5.84. The number of rotatable bonds is 8. The summed E-state index contributed by atoms with van der Waals surface area (Å²) in [5.74, 6) is 0.147. The van der Waals surface area contributed by atoms with Crippen LogP contribution in [0, 0.1) is 6.92 Å². The summed E-state index contributed by atoms with van der Waals surface area (Å²) in [5, 5.41) is 13.0. The van der Waals surface area contributed by atoms with Crippen LogP contribution in [-0.2, 0) is 11.2 Å². The maximum atomic E-state index is 12.6. The van der Waals surface area contributed by atoms with E-state index >= 15 is 0 Å². The number of carbonyl (C=O) groups is 1. The topological polar surface area (TPSA) is 69.0 Å². The molecule has 0 aliphatic heterocycles. The summed E-state index contributed by atoms with van der Waals surface area (Å²) in [7, 11) is 1.51. The first-order chi connectivity index (χ1) is 16.9. The number of benzene rings is 3. The summed E-state index contributed by atoms with van der Waals surface area (Å²) in [6, 6.07) is 15.3. The number of fused-ring (bicyclic) bond motifs is 1. The number of amides is 1. The van der Waals surface area contributed by atoms with Crippen LogP contribution in [0.25, 0.3) is 22.8 Å². The van der Waals surface area contributed by atoms with Crippen molar-refractivity contribution in [3.8, 4) is 11.4 Å². The van der Waals surface area contributed by atoms with Crippen molar-refractivity contribution >= 4 is 51.9 Å². The summed E-state index contributed by atoms with van der Waals surface area (Å²) in [6.45, 7) is 4.11. The molecule has 0 unspecified atom stereocenters. The maximum Gasteiger partial charge on any atom is 0.248 e. The number of nitrogens with one attached hydrogen (secondary N) is 1. The number of halogens is 2. The van der Waals surface area contributed by atoms with Crippen LogP contribution in [0.2, 0.25) is 10.0 Å². The molecule has 6 nitrogen and oxygen atoms in total. The number of methoxy groups -OCH3 is 1. The number of unbranched alkanes of at least 4 members (excludes halogenated alkanes) is 1. The minimum atomic E-state index is -0.305. The number of hydrogen-bond acceptors (Lipinski definition) is 4. The number of hydrogen-bond donors (Lipinski definition) is 1. The minimum absolute atomic E-state index is 0.305. The molecule has 0 spiro atoms. The Morgan fingerprint density at radius 2 is 1.80 bits per heavy atom. The predicted molar refractivity (Wildman–Crippen MR) is 143 cm³/mol. The SMILES string of the molecule is CCCCc1ccc(-n2nc3cc(C)c(NC(=O)C=Cc4cc(Cl)cc(Cl)c4OC)cc3n2)cc1. The van der Waals surface area contributed by atoms with Crippen LogP contribution >= 0.6 is 23.2 Å². The van der Waals surface area contributed by atoms with Gasteiger partial charge in [0.2, 0.25) is 5.91 Å². The molecule has 0 saturated heterocycles.